The highest BCUT2D eigenvalue weighted by Crippen LogP contribution is 2.34. The lowest BCUT2D eigenvalue weighted by Crippen LogP contribution is -2.09. The van der Waals surface area contributed by atoms with Crippen LogP contribution in [0.2, 0.25) is 0 Å². The van der Waals surface area contributed by atoms with Gasteiger partial charge in [0.05, 0.1) is 6.10 Å². The number of hydrogen-bond acceptors (Lipinski definition) is 1. The van der Waals surface area contributed by atoms with Crippen LogP contribution in [0.5, 0.6) is 0 Å². The van der Waals surface area contributed by atoms with Crippen LogP contribution < -0.4 is 0 Å². The minimum absolute atomic E-state index is 0.260. The van der Waals surface area contributed by atoms with Gasteiger partial charge in [-0.05, 0) is 36.5 Å². The molecule has 0 saturated heterocycles. The highest BCUT2D eigenvalue weighted by atomic mass is 79.9. The van der Waals surface area contributed by atoms with Crippen molar-refractivity contribution in [2.75, 3.05) is 0 Å². The minimum atomic E-state index is -0.260. The van der Waals surface area contributed by atoms with Gasteiger partial charge in [0, 0.05) is 4.47 Å². The molecule has 1 aliphatic rings. The Kier molecular flexibility index (Phi) is 2.20. The second-order valence-electron chi connectivity index (χ2n) is 3.22. The van der Waals surface area contributed by atoms with Crippen LogP contribution in [0.25, 0.3) is 0 Å². The number of aryl methyl sites for hydroxylation is 1. The maximum atomic E-state index is 9.71. The molecular formula is C10H11BrO. The van der Waals surface area contributed by atoms with Crippen LogP contribution in [0.1, 0.15) is 30.1 Å². The first kappa shape index (κ1) is 8.27. The Balaban J connectivity index is 2.53. The van der Waals surface area contributed by atoms with Crippen LogP contribution in [0.4, 0.5) is 0 Å². The van der Waals surface area contributed by atoms with Crippen molar-refractivity contribution < 1.29 is 5.11 Å². The predicted octanol–water partition coefficient (Wildman–Crippen LogP) is 2.82. The van der Waals surface area contributed by atoms with Crippen LogP contribution in [-0.2, 0) is 6.42 Å². The number of benzene rings is 1. The Bertz CT molecular complexity index is 296. The number of aliphatic hydroxyl groups excluding tert-OH is 1. The molecule has 0 aliphatic heterocycles. The van der Waals surface area contributed by atoms with E-state index in [-0.39, 0.29) is 6.10 Å². The van der Waals surface area contributed by atoms with Gasteiger partial charge in [-0.15, -0.1) is 0 Å². The standard InChI is InChI=1S/C10H11BrO/c11-8-5-1-3-7-4-2-6-9(12)10(7)8/h1,3,5,9,12H,2,4,6H2/t9-/m0/s1. The molecule has 2 heteroatoms. The van der Waals surface area contributed by atoms with Gasteiger partial charge in [0.2, 0.25) is 0 Å². The number of halogens is 1. The molecule has 1 atom stereocenters. The van der Waals surface area contributed by atoms with Crippen molar-refractivity contribution in [2.24, 2.45) is 0 Å². The number of aliphatic hydroxyl groups is 1. The van der Waals surface area contributed by atoms with Crippen LogP contribution in [0.3, 0.4) is 0 Å². The molecule has 0 spiro atoms. The summed E-state index contributed by atoms with van der Waals surface area (Å²) in [4.78, 5) is 0. The van der Waals surface area contributed by atoms with Gasteiger partial charge in [0.15, 0.2) is 0 Å². The first-order valence-electron chi connectivity index (χ1n) is 4.24. The summed E-state index contributed by atoms with van der Waals surface area (Å²) in [5.41, 5.74) is 2.40. The molecule has 0 fully saturated rings. The van der Waals surface area contributed by atoms with E-state index < -0.39 is 0 Å². The van der Waals surface area contributed by atoms with Gasteiger partial charge < -0.3 is 5.11 Å². The van der Waals surface area contributed by atoms with E-state index in [0.29, 0.717) is 0 Å². The molecule has 0 heterocycles. The molecule has 0 saturated carbocycles. The second-order valence-corrected chi connectivity index (χ2v) is 4.07. The zero-order valence-electron chi connectivity index (χ0n) is 6.76. The maximum Gasteiger partial charge on any atom is 0.0803 e. The fourth-order valence-corrected chi connectivity index (χ4v) is 2.47. The third-order valence-electron chi connectivity index (χ3n) is 2.40. The first-order chi connectivity index (χ1) is 5.79. The summed E-state index contributed by atoms with van der Waals surface area (Å²) < 4.78 is 1.05. The van der Waals surface area contributed by atoms with Gasteiger partial charge in [-0.2, -0.15) is 0 Å². The van der Waals surface area contributed by atoms with E-state index in [1.165, 1.54) is 5.56 Å². The molecule has 0 unspecified atom stereocenters. The minimum Gasteiger partial charge on any atom is -0.388 e. The van der Waals surface area contributed by atoms with Crippen molar-refractivity contribution in [2.45, 2.75) is 25.4 Å². The molecular weight excluding hydrogens is 216 g/mol. The fourth-order valence-electron chi connectivity index (χ4n) is 1.80. The lowest BCUT2D eigenvalue weighted by atomic mass is 9.90. The molecule has 1 aromatic carbocycles. The highest BCUT2D eigenvalue weighted by molar-refractivity contribution is 9.10. The van der Waals surface area contributed by atoms with Gasteiger partial charge >= 0.3 is 0 Å². The molecule has 64 valence electrons. The normalized spacial score (nSPS) is 22.0. The quantitative estimate of drug-likeness (QED) is 0.722. The molecule has 1 N–H and O–H groups in total. The van der Waals surface area contributed by atoms with Crippen molar-refractivity contribution in [1.29, 1.82) is 0 Å². The average molecular weight is 227 g/mol. The predicted molar refractivity (Wildman–Crippen MR) is 52.0 cm³/mol. The van der Waals surface area contributed by atoms with Gasteiger partial charge in [-0.1, -0.05) is 28.1 Å². The highest BCUT2D eigenvalue weighted by Gasteiger charge is 2.19. The van der Waals surface area contributed by atoms with E-state index in [1.807, 2.05) is 12.1 Å². The number of fused-ring (bicyclic) bond motifs is 1. The molecule has 0 amide bonds. The number of hydrogen-bond donors (Lipinski definition) is 1. The van der Waals surface area contributed by atoms with E-state index in [2.05, 4.69) is 22.0 Å². The van der Waals surface area contributed by atoms with E-state index in [1.54, 1.807) is 0 Å². The summed E-state index contributed by atoms with van der Waals surface area (Å²) in [7, 11) is 0. The molecule has 0 radical (unpaired) electrons. The van der Waals surface area contributed by atoms with Crippen LogP contribution in [0, 0.1) is 0 Å². The topological polar surface area (TPSA) is 20.2 Å². The molecule has 12 heavy (non-hydrogen) atoms. The molecule has 1 aromatic rings. The Hall–Kier alpha value is -0.340. The van der Waals surface area contributed by atoms with Crippen molar-refractivity contribution in [3.63, 3.8) is 0 Å². The van der Waals surface area contributed by atoms with Gasteiger partial charge in [-0.25, -0.2) is 0 Å². The molecule has 0 bridgehead atoms. The number of rotatable bonds is 0. The van der Waals surface area contributed by atoms with Crippen LogP contribution in [0.15, 0.2) is 22.7 Å². The maximum absolute atomic E-state index is 9.71. The Labute approximate surface area is 80.5 Å². The lowest BCUT2D eigenvalue weighted by Gasteiger charge is -2.22. The van der Waals surface area contributed by atoms with E-state index in [0.717, 1.165) is 29.3 Å². The van der Waals surface area contributed by atoms with E-state index in [9.17, 15) is 5.11 Å². The van der Waals surface area contributed by atoms with Crippen molar-refractivity contribution in [3.8, 4) is 0 Å². The summed E-state index contributed by atoms with van der Waals surface area (Å²) in [6.07, 6.45) is 2.84. The largest absolute Gasteiger partial charge is 0.388 e. The Morgan fingerprint density at radius 2 is 2.25 bits per heavy atom. The van der Waals surface area contributed by atoms with Crippen LogP contribution >= 0.6 is 15.9 Å². The third kappa shape index (κ3) is 1.29. The molecule has 1 nitrogen and oxygen atoms in total. The zero-order valence-corrected chi connectivity index (χ0v) is 8.34. The van der Waals surface area contributed by atoms with Crippen molar-refractivity contribution in [1.82, 2.24) is 0 Å². The third-order valence-corrected chi connectivity index (χ3v) is 3.09. The van der Waals surface area contributed by atoms with E-state index in [4.69, 9.17) is 0 Å². The summed E-state index contributed by atoms with van der Waals surface area (Å²) in [5, 5.41) is 9.71. The Morgan fingerprint density at radius 1 is 1.42 bits per heavy atom. The molecule has 1 aliphatic carbocycles. The van der Waals surface area contributed by atoms with Crippen molar-refractivity contribution >= 4 is 15.9 Å². The van der Waals surface area contributed by atoms with Gasteiger partial charge in [0.25, 0.3) is 0 Å². The van der Waals surface area contributed by atoms with Crippen LogP contribution in [-0.4, -0.2) is 5.11 Å². The monoisotopic (exact) mass is 226 g/mol. The lowest BCUT2D eigenvalue weighted by molar-refractivity contribution is 0.156. The van der Waals surface area contributed by atoms with Crippen molar-refractivity contribution in [3.05, 3.63) is 33.8 Å². The van der Waals surface area contributed by atoms with Gasteiger partial charge in [0.1, 0.15) is 0 Å². The first-order valence-corrected chi connectivity index (χ1v) is 5.03. The SMILES string of the molecule is O[C@H]1CCCc2cccc(Br)c21. The molecule has 0 aromatic heterocycles. The Morgan fingerprint density at radius 3 is 3.00 bits per heavy atom. The van der Waals surface area contributed by atoms with E-state index >= 15 is 0 Å². The average Bonchev–Trinajstić information content (AvgIpc) is 2.04. The fraction of sp³-hybridized carbons (Fsp3) is 0.400. The second kappa shape index (κ2) is 3.19. The van der Waals surface area contributed by atoms with Gasteiger partial charge in [-0.3, -0.25) is 0 Å². The zero-order chi connectivity index (χ0) is 8.55. The summed E-state index contributed by atoms with van der Waals surface area (Å²) in [6, 6.07) is 6.12. The molecule has 2 rings (SSSR count). The smallest absolute Gasteiger partial charge is 0.0803 e. The summed E-state index contributed by atoms with van der Waals surface area (Å²) in [5.74, 6) is 0. The summed E-state index contributed by atoms with van der Waals surface area (Å²) >= 11 is 3.46. The summed E-state index contributed by atoms with van der Waals surface area (Å²) in [6.45, 7) is 0.